The monoisotopic (exact) mass is 274 g/mol. The Balaban J connectivity index is 1.70. The van der Waals surface area contributed by atoms with E-state index in [2.05, 4.69) is 9.88 Å². The van der Waals surface area contributed by atoms with Crippen LogP contribution in [0, 0.1) is 0 Å². The zero-order valence-corrected chi connectivity index (χ0v) is 11.5. The van der Waals surface area contributed by atoms with Crippen molar-refractivity contribution >= 4 is 11.8 Å². The first-order valence-electron chi connectivity index (χ1n) is 6.81. The fourth-order valence-corrected chi connectivity index (χ4v) is 2.87. The SMILES string of the molecule is CN1CC(=O)N2CCN(Cc3ccncc3)C[C@@H]2C1=O. The molecular formula is C14H18N4O2. The second kappa shape index (κ2) is 5.20. The number of hydrogen-bond acceptors (Lipinski definition) is 4. The van der Waals surface area contributed by atoms with Crippen molar-refractivity contribution < 1.29 is 9.59 Å². The lowest BCUT2D eigenvalue weighted by atomic mass is 10.1. The van der Waals surface area contributed by atoms with Crippen LogP contribution >= 0.6 is 0 Å². The van der Waals surface area contributed by atoms with Crippen molar-refractivity contribution in [1.82, 2.24) is 19.7 Å². The van der Waals surface area contributed by atoms with Crippen LogP contribution in [0.2, 0.25) is 0 Å². The van der Waals surface area contributed by atoms with Crippen molar-refractivity contribution in [2.45, 2.75) is 12.6 Å². The van der Waals surface area contributed by atoms with Gasteiger partial charge in [0.15, 0.2) is 0 Å². The maximum Gasteiger partial charge on any atom is 0.246 e. The van der Waals surface area contributed by atoms with Crippen LogP contribution in [0.3, 0.4) is 0 Å². The highest BCUT2D eigenvalue weighted by molar-refractivity contribution is 5.95. The molecule has 0 unspecified atom stereocenters. The molecule has 6 heteroatoms. The third-order valence-corrected chi connectivity index (χ3v) is 3.97. The zero-order valence-electron chi connectivity index (χ0n) is 11.5. The van der Waals surface area contributed by atoms with Crippen molar-refractivity contribution in [3.8, 4) is 0 Å². The summed E-state index contributed by atoms with van der Waals surface area (Å²) in [6.45, 7) is 3.05. The van der Waals surface area contributed by atoms with E-state index >= 15 is 0 Å². The molecule has 0 N–H and O–H groups in total. The Bertz CT molecular complexity index is 519. The number of likely N-dealkylation sites (N-methyl/N-ethyl adjacent to an activating group) is 1. The molecule has 20 heavy (non-hydrogen) atoms. The van der Waals surface area contributed by atoms with E-state index in [4.69, 9.17) is 0 Å². The standard InChI is InChI=1S/C14H18N4O2/c1-16-10-13(19)18-7-6-17(9-12(18)14(16)20)8-11-2-4-15-5-3-11/h2-5,12H,6-10H2,1H3/t12-/m1/s1. The molecule has 0 aliphatic carbocycles. The molecule has 0 spiro atoms. The van der Waals surface area contributed by atoms with Gasteiger partial charge in [0.2, 0.25) is 11.8 Å². The number of hydrogen-bond donors (Lipinski definition) is 0. The second-order valence-corrected chi connectivity index (χ2v) is 5.39. The van der Waals surface area contributed by atoms with Gasteiger partial charge in [-0.05, 0) is 17.7 Å². The minimum absolute atomic E-state index is 0.0454. The number of aromatic nitrogens is 1. The minimum atomic E-state index is -0.322. The molecule has 0 saturated carbocycles. The Morgan fingerprint density at radius 2 is 2.00 bits per heavy atom. The van der Waals surface area contributed by atoms with Gasteiger partial charge in [0.1, 0.15) is 6.04 Å². The van der Waals surface area contributed by atoms with E-state index in [9.17, 15) is 9.59 Å². The Labute approximate surface area is 118 Å². The lowest BCUT2D eigenvalue weighted by molar-refractivity contribution is -0.158. The molecule has 2 aliphatic rings. The first-order valence-corrected chi connectivity index (χ1v) is 6.81. The van der Waals surface area contributed by atoms with E-state index in [1.807, 2.05) is 12.1 Å². The summed E-state index contributed by atoms with van der Waals surface area (Å²) >= 11 is 0. The quantitative estimate of drug-likeness (QED) is 0.734. The van der Waals surface area contributed by atoms with Crippen molar-refractivity contribution in [3.05, 3.63) is 30.1 Å². The second-order valence-electron chi connectivity index (χ2n) is 5.39. The topological polar surface area (TPSA) is 56.8 Å². The molecule has 2 aliphatic heterocycles. The first kappa shape index (κ1) is 13.1. The lowest BCUT2D eigenvalue weighted by Gasteiger charge is -2.45. The molecule has 2 amide bonds. The van der Waals surface area contributed by atoms with E-state index in [1.54, 1.807) is 24.3 Å². The van der Waals surface area contributed by atoms with Crippen LogP contribution < -0.4 is 0 Å². The van der Waals surface area contributed by atoms with E-state index in [0.29, 0.717) is 13.1 Å². The Morgan fingerprint density at radius 1 is 1.25 bits per heavy atom. The number of amides is 2. The Morgan fingerprint density at radius 3 is 2.75 bits per heavy atom. The number of pyridine rings is 1. The van der Waals surface area contributed by atoms with E-state index in [-0.39, 0.29) is 24.4 Å². The Hall–Kier alpha value is -1.95. The average Bonchev–Trinajstić information content (AvgIpc) is 2.46. The van der Waals surface area contributed by atoms with Crippen molar-refractivity contribution in [2.75, 3.05) is 33.2 Å². The summed E-state index contributed by atoms with van der Waals surface area (Å²) in [6.07, 6.45) is 3.54. The summed E-state index contributed by atoms with van der Waals surface area (Å²) in [5.41, 5.74) is 1.18. The van der Waals surface area contributed by atoms with E-state index in [0.717, 1.165) is 13.1 Å². The number of nitrogens with zero attached hydrogens (tertiary/aromatic N) is 4. The molecule has 0 bridgehead atoms. The highest BCUT2D eigenvalue weighted by atomic mass is 16.2. The van der Waals surface area contributed by atoms with E-state index in [1.165, 1.54) is 10.5 Å². The molecular weight excluding hydrogens is 256 g/mol. The maximum absolute atomic E-state index is 12.2. The number of fused-ring (bicyclic) bond motifs is 1. The number of rotatable bonds is 2. The fourth-order valence-electron chi connectivity index (χ4n) is 2.87. The molecule has 6 nitrogen and oxygen atoms in total. The van der Waals surface area contributed by atoms with Gasteiger partial charge in [0.05, 0.1) is 6.54 Å². The van der Waals surface area contributed by atoms with Gasteiger partial charge in [-0.2, -0.15) is 0 Å². The highest BCUT2D eigenvalue weighted by Crippen LogP contribution is 2.18. The largest absolute Gasteiger partial charge is 0.335 e. The van der Waals surface area contributed by atoms with E-state index < -0.39 is 0 Å². The van der Waals surface area contributed by atoms with Crippen molar-refractivity contribution in [3.63, 3.8) is 0 Å². The molecule has 0 aromatic carbocycles. The van der Waals surface area contributed by atoms with Gasteiger partial charge >= 0.3 is 0 Å². The van der Waals surface area contributed by atoms with Crippen LogP contribution in [0.25, 0.3) is 0 Å². The average molecular weight is 274 g/mol. The van der Waals surface area contributed by atoms with Crippen LogP contribution in [0.15, 0.2) is 24.5 Å². The summed E-state index contributed by atoms with van der Waals surface area (Å²) in [6, 6.07) is 3.63. The van der Waals surface area contributed by atoms with Crippen LogP contribution in [-0.2, 0) is 16.1 Å². The van der Waals surface area contributed by atoms with Crippen molar-refractivity contribution in [1.29, 1.82) is 0 Å². The number of carbonyl (C=O) groups is 2. The van der Waals surface area contributed by atoms with Crippen molar-refractivity contribution in [2.24, 2.45) is 0 Å². The smallest absolute Gasteiger partial charge is 0.246 e. The molecule has 3 rings (SSSR count). The highest BCUT2D eigenvalue weighted by Gasteiger charge is 2.40. The lowest BCUT2D eigenvalue weighted by Crippen LogP contribution is -2.65. The molecule has 2 fully saturated rings. The van der Waals surface area contributed by atoms with Gasteiger partial charge in [-0.25, -0.2) is 0 Å². The molecule has 0 radical (unpaired) electrons. The zero-order chi connectivity index (χ0) is 14.1. The first-order chi connectivity index (χ1) is 9.65. The summed E-state index contributed by atoms with van der Waals surface area (Å²) in [7, 11) is 1.69. The fraction of sp³-hybridized carbons (Fsp3) is 0.500. The van der Waals surface area contributed by atoms with Gasteiger partial charge in [-0.1, -0.05) is 0 Å². The number of carbonyl (C=O) groups excluding carboxylic acids is 2. The maximum atomic E-state index is 12.2. The predicted octanol–water partition coefficient (Wildman–Crippen LogP) is -0.434. The molecule has 3 heterocycles. The molecule has 1 atom stereocenters. The van der Waals surface area contributed by atoms with Gasteiger partial charge in [-0.3, -0.25) is 19.5 Å². The van der Waals surface area contributed by atoms with Gasteiger partial charge in [-0.15, -0.1) is 0 Å². The molecule has 106 valence electrons. The third kappa shape index (κ3) is 2.38. The molecule has 1 aromatic heterocycles. The summed E-state index contributed by atoms with van der Waals surface area (Å²) < 4.78 is 0. The van der Waals surface area contributed by atoms with Crippen LogP contribution in [0.1, 0.15) is 5.56 Å². The molecule has 1 aromatic rings. The van der Waals surface area contributed by atoms with Gasteiger partial charge in [0, 0.05) is 45.6 Å². The van der Waals surface area contributed by atoms with Gasteiger partial charge in [0.25, 0.3) is 0 Å². The third-order valence-electron chi connectivity index (χ3n) is 3.97. The number of piperazine rings is 2. The van der Waals surface area contributed by atoms with Crippen LogP contribution in [-0.4, -0.2) is 70.8 Å². The van der Waals surface area contributed by atoms with Crippen LogP contribution in [0.4, 0.5) is 0 Å². The molecule has 2 saturated heterocycles. The summed E-state index contributed by atoms with van der Waals surface area (Å²) in [5.74, 6) is 0.102. The summed E-state index contributed by atoms with van der Waals surface area (Å²) in [5, 5.41) is 0. The normalized spacial score (nSPS) is 23.9. The predicted molar refractivity (Wildman–Crippen MR) is 72.7 cm³/mol. The minimum Gasteiger partial charge on any atom is -0.335 e. The Kier molecular flexibility index (Phi) is 3.40. The summed E-state index contributed by atoms with van der Waals surface area (Å²) in [4.78, 5) is 33.6. The van der Waals surface area contributed by atoms with Gasteiger partial charge < -0.3 is 9.80 Å². The van der Waals surface area contributed by atoms with Crippen LogP contribution in [0.5, 0.6) is 0 Å².